The lowest BCUT2D eigenvalue weighted by Gasteiger charge is -2.18. The molecule has 2 amide bonds. The predicted octanol–water partition coefficient (Wildman–Crippen LogP) is 5.39. The Labute approximate surface area is 211 Å². The van der Waals surface area contributed by atoms with Crippen LogP contribution < -0.4 is 10.1 Å². The van der Waals surface area contributed by atoms with Crippen LogP contribution in [0.3, 0.4) is 0 Å². The molecule has 0 spiro atoms. The molecule has 2 aromatic carbocycles. The minimum Gasteiger partial charge on any atom is -0.484 e. The summed E-state index contributed by atoms with van der Waals surface area (Å²) in [6.45, 7) is 1.03. The van der Waals surface area contributed by atoms with Crippen molar-refractivity contribution < 1.29 is 19.1 Å². The Morgan fingerprint density at radius 1 is 1.27 bits per heavy atom. The number of benzene rings is 2. The first-order valence-corrected chi connectivity index (χ1v) is 12.2. The van der Waals surface area contributed by atoms with Crippen molar-refractivity contribution in [1.82, 2.24) is 4.90 Å². The third-order valence-corrected chi connectivity index (χ3v) is 7.13. The average molecular weight is 523 g/mol. The van der Waals surface area contributed by atoms with Crippen LogP contribution in [0.2, 0.25) is 10.0 Å². The van der Waals surface area contributed by atoms with Gasteiger partial charge in [-0.3, -0.25) is 14.5 Å². The number of hydrogen-bond acceptors (Lipinski definition) is 6. The van der Waals surface area contributed by atoms with Gasteiger partial charge >= 0.3 is 0 Å². The van der Waals surface area contributed by atoms with Crippen LogP contribution in [0.4, 0.5) is 5.69 Å². The second-order valence-electron chi connectivity index (χ2n) is 7.47. The summed E-state index contributed by atoms with van der Waals surface area (Å²) in [4.78, 5) is 27.2. The van der Waals surface area contributed by atoms with Gasteiger partial charge in [-0.15, -0.1) is 0 Å². The Morgan fingerprint density at radius 2 is 2.12 bits per heavy atom. The van der Waals surface area contributed by atoms with Crippen molar-refractivity contribution in [1.29, 1.82) is 0 Å². The van der Waals surface area contributed by atoms with Crippen LogP contribution in [0.25, 0.3) is 6.08 Å². The number of thioether (sulfide) groups is 1. The molecule has 2 aliphatic heterocycles. The molecule has 0 bridgehead atoms. The predicted molar refractivity (Wildman–Crippen MR) is 136 cm³/mol. The molecule has 0 aromatic heterocycles. The maximum absolute atomic E-state index is 12.8. The number of rotatable bonds is 7. The number of thiocarbonyl (C=S) groups is 1. The Kier molecular flexibility index (Phi) is 7.93. The van der Waals surface area contributed by atoms with Crippen LogP contribution in [0.15, 0.2) is 47.4 Å². The van der Waals surface area contributed by atoms with E-state index in [1.54, 1.807) is 47.4 Å². The minimum atomic E-state index is -0.339. The molecule has 2 saturated heterocycles. The van der Waals surface area contributed by atoms with Gasteiger partial charge in [-0.1, -0.05) is 59.3 Å². The molecule has 0 aliphatic carbocycles. The van der Waals surface area contributed by atoms with E-state index in [4.69, 9.17) is 44.9 Å². The smallest absolute Gasteiger partial charge is 0.266 e. The number of nitrogens with one attached hydrogen (secondary N) is 1. The minimum absolute atomic E-state index is 0.0404. The molecule has 2 heterocycles. The summed E-state index contributed by atoms with van der Waals surface area (Å²) < 4.78 is 11.8. The summed E-state index contributed by atoms with van der Waals surface area (Å²) in [6, 6.07) is 12.0. The summed E-state index contributed by atoms with van der Waals surface area (Å²) in [6.07, 6.45) is 3.76. The van der Waals surface area contributed by atoms with Gasteiger partial charge in [0.2, 0.25) is 0 Å². The van der Waals surface area contributed by atoms with Gasteiger partial charge in [0.1, 0.15) is 10.1 Å². The van der Waals surface area contributed by atoms with E-state index < -0.39 is 0 Å². The Bertz CT molecular complexity index is 1120. The first-order valence-electron chi connectivity index (χ1n) is 10.2. The lowest BCUT2D eigenvalue weighted by molar-refractivity contribution is -0.123. The highest BCUT2D eigenvalue weighted by molar-refractivity contribution is 8.26. The van der Waals surface area contributed by atoms with Crippen molar-refractivity contribution >= 4 is 75.1 Å². The summed E-state index contributed by atoms with van der Waals surface area (Å²) in [5.41, 5.74) is 1.30. The van der Waals surface area contributed by atoms with Crippen molar-refractivity contribution in [3.05, 3.63) is 63.0 Å². The van der Waals surface area contributed by atoms with Crippen molar-refractivity contribution in [2.24, 2.45) is 0 Å². The van der Waals surface area contributed by atoms with Gasteiger partial charge in [-0.2, -0.15) is 0 Å². The number of amides is 2. The average Bonchev–Trinajstić information content (AvgIpc) is 3.39. The van der Waals surface area contributed by atoms with Crippen molar-refractivity contribution in [2.75, 3.05) is 25.1 Å². The molecule has 2 fully saturated rings. The lowest BCUT2D eigenvalue weighted by Crippen LogP contribution is -2.35. The molecule has 1 N–H and O–H groups in total. The fraction of sp³-hybridized carbons (Fsp3) is 0.261. The molecule has 4 rings (SSSR count). The molecular weight excluding hydrogens is 503 g/mol. The van der Waals surface area contributed by atoms with Crippen LogP contribution in [-0.2, 0) is 14.3 Å². The van der Waals surface area contributed by atoms with Crippen LogP contribution >= 0.6 is 47.2 Å². The molecule has 0 radical (unpaired) electrons. The highest BCUT2D eigenvalue weighted by Crippen LogP contribution is 2.34. The van der Waals surface area contributed by atoms with Crippen molar-refractivity contribution in [3.63, 3.8) is 0 Å². The van der Waals surface area contributed by atoms with E-state index in [9.17, 15) is 9.59 Å². The van der Waals surface area contributed by atoms with E-state index in [0.717, 1.165) is 25.0 Å². The van der Waals surface area contributed by atoms with Gasteiger partial charge in [0, 0.05) is 12.3 Å². The van der Waals surface area contributed by atoms with Crippen LogP contribution in [0.1, 0.15) is 18.4 Å². The van der Waals surface area contributed by atoms with E-state index in [1.807, 2.05) is 6.07 Å². The number of hydrogen-bond donors (Lipinski definition) is 1. The second-order valence-corrected chi connectivity index (χ2v) is 9.96. The third-order valence-electron chi connectivity index (χ3n) is 5.01. The highest BCUT2D eigenvalue weighted by atomic mass is 35.5. The first kappa shape index (κ1) is 24.0. The molecule has 2 aliphatic rings. The van der Waals surface area contributed by atoms with Crippen molar-refractivity contribution in [2.45, 2.75) is 18.9 Å². The summed E-state index contributed by atoms with van der Waals surface area (Å²) in [7, 11) is 0. The van der Waals surface area contributed by atoms with Crippen LogP contribution in [-0.4, -0.2) is 46.9 Å². The van der Waals surface area contributed by atoms with E-state index in [0.29, 0.717) is 37.3 Å². The number of anilines is 1. The van der Waals surface area contributed by atoms with Gasteiger partial charge in [0.15, 0.2) is 6.61 Å². The topological polar surface area (TPSA) is 67.9 Å². The molecule has 2 aromatic rings. The molecule has 10 heteroatoms. The molecule has 0 saturated carbocycles. The number of ether oxygens (including phenoxy) is 2. The lowest BCUT2D eigenvalue weighted by atomic mass is 10.2. The monoisotopic (exact) mass is 522 g/mol. The quantitative estimate of drug-likeness (QED) is 0.388. The normalized spacial score (nSPS) is 19.4. The number of carbonyl (C=O) groups excluding carboxylic acids is 2. The number of carbonyl (C=O) groups is 2. The maximum atomic E-state index is 12.8. The van der Waals surface area contributed by atoms with Gasteiger partial charge < -0.3 is 14.8 Å². The van der Waals surface area contributed by atoms with Gasteiger partial charge in [0.25, 0.3) is 11.8 Å². The SMILES string of the molecule is O=C(COc1cccc(/C=C2\SC(=S)N(C[C@@H]3CCCO3)C2=O)c1)Nc1ccc(Cl)c(Cl)c1. The molecule has 33 heavy (non-hydrogen) atoms. The fourth-order valence-corrected chi connectivity index (χ4v) is 4.99. The Hall–Kier alpha value is -2.10. The Balaban J connectivity index is 1.35. The zero-order valence-corrected chi connectivity index (χ0v) is 20.5. The summed E-state index contributed by atoms with van der Waals surface area (Å²) >= 11 is 18.5. The van der Waals surface area contributed by atoms with Crippen LogP contribution in [0.5, 0.6) is 5.75 Å². The Morgan fingerprint density at radius 3 is 2.88 bits per heavy atom. The van der Waals surface area contributed by atoms with E-state index in [1.165, 1.54) is 11.8 Å². The standard InChI is InChI=1S/C23H20Cl2N2O4S2/c24-18-7-6-15(11-19(18)25)26-21(28)13-31-16-4-1-3-14(9-16)10-20-22(29)27(23(32)33-20)12-17-5-2-8-30-17/h1,3-4,6-7,9-11,17H,2,5,8,12-13H2,(H,26,28)/b20-10-/t17-/m0/s1. The zero-order valence-electron chi connectivity index (χ0n) is 17.4. The first-order chi connectivity index (χ1) is 15.9. The van der Waals surface area contributed by atoms with Crippen molar-refractivity contribution in [3.8, 4) is 5.75 Å². The van der Waals surface area contributed by atoms with Gasteiger partial charge in [-0.25, -0.2) is 0 Å². The maximum Gasteiger partial charge on any atom is 0.266 e. The summed E-state index contributed by atoms with van der Waals surface area (Å²) in [5.74, 6) is 0.0458. The third kappa shape index (κ3) is 6.28. The summed E-state index contributed by atoms with van der Waals surface area (Å²) in [5, 5.41) is 3.46. The second kappa shape index (κ2) is 10.9. The fourth-order valence-electron chi connectivity index (χ4n) is 3.41. The number of halogens is 2. The largest absolute Gasteiger partial charge is 0.484 e. The highest BCUT2D eigenvalue weighted by Gasteiger charge is 2.34. The number of nitrogens with zero attached hydrogens (tertiary/aromatic N) is 1. The van der Waals surface area contributed by atoms with E-state index in [-0.39, 0.29) is 24.5 Å². The van der Waals surface area contributed by atoms with Crippen LogP contribution in [0, 0.1) is 0 Å². The van der Waals surface area contributed by atoms with Gasteiger partial charge in [-0.05, 0) is 54.8 Å². The van der Waals surface area contributed by atoms with E-state index >= 15 is 0 Å². The zero-order chi connectivity index (χ0) is 23.4. The van der Waals surface area contributed by atoms with E-state index in [2.05, 4.69) is 5.32 Å². The molecule has 172 valence electrons. The molecule has 0 unspecified atom stereocenters. The molecule has 1 atom stereocenters. The molecular formula is C23H20Cl2N2O4S2. The molecule has 6 nitrogen and oxygen atoms in total. The van der Waals surface area contributed by atoms with Gasteiger partial charge in [0.05, 0.1) is 27.6 Å².